The highest BCUT2D eigenvalue weighted by Crippen LogP contribution is 2.53. The molecule has 2 heterocycles. The number of benzene rings is 3. The van der Waals surface area contributed by atoms with E-state index in [4.69, 9.17) is 16.2 Å². The molecule has 0 bridgehead atoms. The van der Waals surface area contributed by atoms with Gasteiger partial charge >= 0.3 is 0 Å². The Labute approximate surface area is 144 Å². The van der Waals surface area contributed by atoms with E-state index in [1.165, 1.54) is 0 Å². The molecule has 5 heteroatoms. The molecule has 0 saturated carbocycles. The zero-order valence-corrected chi connectivity index (χ0v) is 13.2. The Morgan fingerprint density at radius 1 is 0.800 bits per heavy atom. The van der Waals surface area contributed by atoms with Crippen LogP contribution < -0.4 is 21.5 Å². The second-order valence-corrected chi connectivity index (χ2v) is 6.36. The van der Waals surface area contributed by atoms with Crippen molar-refractivity contribution in [3.8, 4) is 11.5 Å². The van der Waals surface area contributed by atoms with E-state index in [1.807, 2.05) is 48.5 Å². The van der Waals surface area contributed by atoms with E-state index in [9.17, 15) is 4.79 Å². The number of rotatable bonds is 0. The molecule has 5 N–H and O–H groups in total. The number of nitrogens with two attached hydrogens (primary N) is 2. The van der Waals surface area contributed by atoms with E-state index in [2.05, 4.69) is 5.32 Å². The minimum atomic E-state index is -0.808. The molecule has 0 aromatic heterocycles. The number of ether oxygens (including phenoxy) is 1. The lowest BCUT2D eigenvalue weighted by molar-refractivity contribution is 0.0947. The van der Waals surface area contributed by atoms with Gasteiger partial charge in [0, 0.05) is 40.2 Å². The fourth-order valence-electron chi connectivity index (χ4n) is 3.87. The van der Waals surface area contributed by atoms with Crippen molar-refractivity contribution in [2.75, 3.05) is 11.5 Å². The number of carbonyl (C=O) groups excluding carboxylic acids is 1. The minimum Gasteiger partial charge on any atom is -0.456 e. The fourth-order valence-corrected chi connectivity index (χ4v) is 3.87. The predicted molar refractivity (Wildman–Crippen MR) is 95.6 cm³/mol. The molecule has 2 aliphatic heterocycles. The Morgan fingerprint density at radius 2 is 1.40 bits per heavy atom. The number of carbonyl (C=O) groups is 1. The summed E-state index contributed by atoms with van der Waals surface area (Å²) < 4.78 is 6.06. The van der Waals surface area contributed by atoms with Gasteiger partial charge in [-0.3, -0.25) is 4.79 Å². The van der Waals surface area contributed by atoms with E-state index in [0.29, 0.717) is 28.4 Å². The highest BCUT2D eigenvalue weighted by Gasteiger charge is 2.50. The number of nitrogen functional groups attached to an aromatic ring is 2. The second-order valence-electron chi connectivity index (χ2n) is 6.36. The summed E-state index contributed by atoms with van der Waals surface area (Å²) in [6.45, 7) is 0. The van der Waals surface area contributed by atoms with Crippen molar-refractivity contribution in [1.82, 2.24) is 5.32 Å². The first-order valence-electron chi connectivity index (χ1n) is 7.99. The molecule has 122 valence electrons. The highest BCUT2D eigenvalue weighted by molar-refractivity contribution is 6.02. The molecule has 1 amide bonds. The van der Waals surface area contributed by atoms with Gasteiger partial charge < -0.3 is 21.5 Å². The lowest BCUT2D eigenvalue weighted by atomic mass is 9.75. The van der Waals surface area contributed by atoms with Crippen LogP contribution in [0.25, 0.3) is 0 Å². The molecule has 2 aliphatic rings. The van der Waals surface area contributed by atoms with Crippen LogP contribution in [0, 0.1) is 0 Å². The molecular formula is C20H15N3O2. The van der Waals surface area contributed by atoms with Gasteiger partial charge in [-0.1, -0.05) is 30.3 Å². The lowest BCUT2D eigenvalue weighted by Crippen LogP contribution is -2.43. The van der Waals surface area contributed by atoms with Crippen molar-refractivity contribution in [2.24, 2.45) is 0 Å². The molecule has 5 nitrogen and oxygen atoms in total. The van der Waals surface area contributed by atoms with Crippen molar-refractivity contribution in [1.29, 1.82) is 0 Å². The average Bonchev–Trinajstić information content (AvgIpc) is 2.88. The maximum absolute atomic E-state index is 12.7. The Morgan fingerprint density at radius 3 is 2.04 bits per heavy atom. The van der Waals surface area contributed by atoms with Crippen LogP contribution in [0.4, 0.5) is 11.4 Å². The summed E-state index contributed by atoms with van der Waals surface area (Å²) in [5.74, 6) is 1.13. The molecule has 0 radical (unpaired) electrons. The molecule has 0 atom stereocenters. The van der Waals surface area contributed by atoms with Crippen LogP contribution in [-0.2, 0) is 5.54 Å². The summed E-state index contributed by atoms with van der Waals surface area (Å²) in [6.07, 6.45) is 0. The normalized spacial score (nSPS) is 15.8. The summed E-state index contributed by atoms with van der Waals surface area (Å²) in [5, 5.41) is 3.19. The van der Waals surface area contributed by atoms with E-state index in [0.717, 1.165) is 16.7 Å². The number of anilines is 2. The maximum Gasteiger partial charge on any atom is 0.252 e. The molecule has 0 saturated heterocycles. The summed E-state index contributed by atoms with van der Waals surface area (Å²) >= 11 is 0. The highest BCUT2D eigenvalue weighted by atomic mass is 16.5. The van der Waals surface area contributed by atoms with Gasteiger partial charge in [0.15, 0.2) is 0 Å². The first-order chi connectivity index (χ1) is 12.1. The minimum absolute atomic E-state index is 0.108. The van der Waals surface area contributed by atoms with Crippen LogP contribution >= 0.6 is 0 Å². The summed E-state index contributed by atoms with van der Waals surface area (Å²) in [5.41, 5.74) is 15.6. The molecule has 1 spiro atoms. The number of amides is 1. The van der Waals surface area contributed by atoms with Gasteiger partial charge in [0.05, 0.1) is 0 Å². The Kier molecular flexibility index (Phi) is 2.53. The van der Waals surface area contributed by atoms with Gasteiger partial charge in [-0.2, -0.15) is 0 Å². The summed E-state index contributed by atoms with van der Waals surface area (Å²) in [6, 6.07) is 18.6. The third-order valence-electron chi connectivity index (χ3n) is 4.92. The smallest absolute Gasteiger partial charge is 0.252 e. The predicted octanol–water partition coefficient (Wildman–Crippen LogP) is 2.99. The molecule has 5 rings (SSSR count). The van der Waals surface area contributed by atoms with Crippen LogP contribution in [0.1, 0.15) is 27.0 Å². The third kappa shape index (κ3) is 1.69. The zero-order chi connectivity index (χ0) is 17.2. The number of fused-ring (bicyclic) bond motifs is 6. The zero-order valence-electron chi connectivity index (χ0n) is 13.2. The molecule has 3 aromatic rings. The number of hydrogen-bond acceptors (Lipinski definition) is 4. The van der Waals surface area contributed by atoms with Crippen LogP contribution in [0.5, 0.6) is 11.5 Å². The molecular weight excluding hydrogens is 314 g/mol. The first-order valence-corrected chi connectivity index (χ1v) is 7.99. The largest absolute Gasteiger partial charge is 0.456 e. The average molecular weight is 329 g/mol. The van der Waals surface area contributed by atoms with Crippen LogP contribution in [0.2, 0.25) is 0 Å². The molecule has 0 unspecified atom stereocenters. The molecule has 25 heavy (non-hydrogen) atoms. The van der Waals surface area contributed by atoms with E-state index >= 15 is 0 Å². The van der Waals surface area contributed by atoms with Crippen molar-refractivity contribution in [2.45, 2.75) is 5.54 Å². The van der Waals surface area contributed by atoms with Crippen molar-refractivity contribution < 1.29 is 9.53 Å². The van der Waals surface area contributed by atoms with Crippen molar-refractivity contribution in [3.05, 3.63) is 82.9 Å². The molecule has 0 fully saturated rings. The van der Waals surface area contributed by atoms with E-state index in [1.54, 1.807) is 12.1 Å². The van der Waals surface area contributed by atoms with Gasteiger partial charge in [0.2, 0.25) is 0 Å². The number of nitrogens with one attached hydrogen (secondary N) is 1. The number of hydrogen-bond donors (Lipinski definition) is 3. The fraction of sp³-hybridized carbons (Fsp3) is 0.0500. The van der Waals surface area contributed by atoms with Gasteiger partial charge in [0.25, 0.3) is 5.91 Å². The second kappa shape index (κ2) is 4.54. The quantitative estimate of drug-likeness (QED) is 0.553. The monoisotopic (exact) mass is 329 g/mol. The first kappa shape index (κ1) is 13.9. The van der Waals surface area contributed by atoms with Crippen LogP contribution in [-0.4, -0.2) is 5.91 Å². The third-order valence-corrected chi connectivity index (χ3v) is 4.92. The van der Waals surface area contributed by atoms with E-state index < -0.39 is 5.54 Å². The Bertz CT molecular complexity index is 1010. The SMILES string of the molecule is Nc1ccc2c(c1)Oc1cc(N)ccc1C21NC(=O)c2ccccc21. The van der Waals surface area contributed by atoms with Crippen molar-refractivity contribution in [3.63, 3.8) is 0 Å². The van der Waals surface area contributed by atoms with Crippen LogP contribution in [0.3, 0.4) is 0 Å². The van der Waals surface area contributed by atoms with E-state index in [-0.39, 0.29) is 5.91 Å². The van der Waals surface area contributed by atoms with Crippen LogP contribution in [0.15, 0.2) is 60.7 Å². The standard InChI is InChI=1S/C20H15N3O2/c21-11-5-7-15-17(9-11)25-18-10-12(22)6-8-16(18)20(15)14-4-2-1-3-13(14)19(24)23-20/h1-10H,21-22H2,(H,23,24). The Hall–Kier alpha value is -3.47. The van der Waals surface area contributed by atoms with Gasteiger partial charge in [0.1, 0.15) is 17.0 Å². The van der Waals surface area contributed by atoms with Crippen molar-refractivity contribution >= 4 is 17.3 Å². The maximum atomic E-state index is 12.7. The van der Waals surface area contributed by atoms with Gasteiger partial charge in [-0.05, 0) is 23.8 Å². The molecule has 3 aromatic carbocycles. The topological polar surface area (TPSA) is 90.4 Å². The Balaban J connectivity index is 1.91. The van der Waals surface area contributed by atoms with Gasteiger partial charge in [-0.15, -0.1) is 0 Å². The summed E-state index contributed by atoms with van der Waals surface area (Å²) in [7, 11) is 0. The molecule has 0 aliphatic carbocycles. The van der Waals surface area contributed by atoms with Gasteiger partial charge in [-0.25, -0.2) is 0 Å². The lowest BCUT2D eigenvalue weighted by Gasteiger charge is -2.38. The summed E-state index contributed by atoms with van der Waals surface area (Å²) in [4.78, 5) is 12.7.